The molecule has 1 fully saturated rings. The Kier molecular flexibility index (Phi) is 10.9. The second-order valence-corrected chi connectivity index (χ2v) is 6.55. The van der Waals surface area contributed by atoms with Crippen LogP contribution in [0.15, 0.2) is 30.9 Å². The third-order valence-corrected chi connectivity index (χ3v) is 4.63. The molecule has 0 radical (unpaired) electrons. The van der Waals surface area contributed by atoms with E-state index in [4.69, 9.17) is 15.2 Å². The molecular formula is C20H32ClN3O3. The van der Waals surface area contributed by atoms with Crippen LogP contribution in [0.4, 0.5) is 0 Å². The third-order valence-electron chi connectivity index (χ3n) is 4.63. The second kappa shape index (κ2) is 12.6. The molecule has 0 aromatic heterocycles. The summed E-state index contributed by atoms with van der Waals surface area (Å²) < 4.78 is 11.1. The number of carbonyl (C=O) groups is 1. The van der Waals surface area contributed by atoms with Crippen LogP contribution in [0.25, 0.3) is 0 Å². The van der Waals surface area contributed by atoms with E-state index in [1.165, 1.54) is 18.4 Å². The van der Waals surface area contributed by atoms with E-state index in [1.54, 1.807) is 13.2 Å². The largest absolute Gasteiger partial charge is 0.493 e. The Balaban J connectivity index is 0.00000364. The summed E-state index contributed by atoms with van der Waals surface area (Å²) in [7, 11) is 1.65. The Bertz CT molecular complexity index is 598. The molecule has 6 nitrogen and oxygen atoms in total. The number of halogens is 1. The lowest BCUT2D eigenvalue weighted by Gasteiger charge is -2.36. The highest BCUT2D eigenvalue weighted by Gasteiger charge is 2.23. The van der Waals surface area contributed by atoms with Crippen LogP contribution >= 0.6 is 12.4 Å². The Morgan fingerprint density at radius 1 is 1.41 bits per heavy atom. The van der Waals surface area contributed by atoms with Crippen molar-refractivity contribution < 1.29 is 14.3 Å². The minimum absolute atomic E-state index is 0. The molecule has 0 bridgehead atoms. The lowest BCUT2D eigenvalue weighted by atomic mass is 10.0. The molecule has 1 aromatic rings. The Labute approximate surface area is 168 Å². The van der Waals surface area contributed by atoms with E-state index < -0.39 is 0 Å². The van der Waals surface area contributed by atoms with Gasteiger partial charge in [-0.3, -0.25) is 9.69 Å². The van der Waals surface area contributed by atoms with Crippen molar-refractivity contribution in [1.29, 1.82) is 0 Å². The summed E-state index contributed by atoms with van der Waals surface area (Å²) in [5.74, 6) is 1.48. The summed E-state index contributed by atoms with van der Waals surface area (Å²) in [5.41, 5.74) is 6.61. The number of amides is 1. The minimum atomic E-state index is 0. The number of nitrogens with zero attached hydrogens (tertiary/aromatic N) is 1. The van der Waals surface area contributed by atoms with Crippen LogP contribution in [0.5, 0.6) is 11.5 Å². The zero-order valence-corrected chi connectivity index (χ0v) is 16.9. The predicted octanol–water partition coefficient (Wildman–Crippen LogP) is 2.50. The van der Waals surface area contributed by atoms with Crippen LogP contribution in [-0.2, 0) is 11.3 Å². The minimum Gasteiger partial charge on any atom is -0.493 e. The highest BCUT2D eigenvalue weighted by Crippen LogP contribution is 2.29. The molecular weight excluding hydrogens is 366 g/mol. The lowest BCUT2D eigenvalue weighted by molar-refractivity contribution is -0.121. The van der Waals surface area contributed by atoms with Gasteiger partial charge in [-0.2, -0.15) is 0 Å². The molecule has 1 amide bonds. The number of nitrogens with two attached hydrogens (primary N) is 1. The van der Waals surface area contributed by atoms with Gasteiger partial charge in [0.2, 0.25) is 5.91 Å². The van der Waals surface area contributed by atoms with Gasteiger partial charge in [0.15, 0.2) is 11.5 Å². The number of carbonyl (C=O) groups excluding carboxylic acids is 1. The van der Waals surface area contributed by atoms with Gasteiger partial charge in [-0.15, -0.1) is 12.4 Å². The molecule has 1 atom stereocenters. The van der Waals surface area contributed by atoms with Crippen molar-refractivity contribution in [2.75, 3.05) is 33.4 Å². The Hall–Kier alpha value is -1.76. The number of likely N-dealkylation sites (tertiary alicyclic amines) is 1. The highest BCUT2D eigenvalue weighted by molar-refractivity contribution is 5.85. The molecule has 27 heavy (non-hydrogen) atoms. The van der Waals surface area contributed by atoms with Gasteiger partial charge in [0.1, 0.15) is 6.61 Å². The fraction of sp³-hybridized carbons (Fsp3) is 0.550. The molecule has 152 valence electrons. The number of nitrogens with one attached hydrogen (secondary N) is 1. The van der Waals surface area contributed by atoms with Crippen molar-refractivity contribution in [2.24, 2.45) is 5.73 Å². The van der Waals surface area contributed by atoms with E-state index in [0.29, 0.717) is 32.2 Å². The maximum absolute atomic E-state index is 11.7. The van der Waals surface area contributed by atoms with Crippen molar-refractivity contribution in [3.05, 3.63) is 36.4 Å². The Morgan fingerprint density at radius 2 is 2.22 bits per heavy atom. The molecule has 1 aromatic carbocycles. The number of piperidine rings is 1. The third kappa shape index (κ3) is 7.40. The molecule has 1 heterocycles. The smallest absolute Gasteiger partial charge is 0.221 e. The van der Waals surface area contributed by atoms with E-state index in [1.807, 2.05) is 12.1 Å². The molecule has 1 aliphatic heterocycles. The topological polar surface area (TPSA) is 76.8 Å². The zero-order chi connectivity index (χ0) is 18.8. The molecule has 0 aliphatic carbocycles. The molecule has 0 saturated carbocycles. The molecule has 1 unspecified atom stereocenters. The van der Waals surface area contributed by atoms with Gasteiger partial charge < -0.3 is 20.5 Å². The summed E-state index contributed by atoms with van der Waals surface area (Å²) in [4.78, 5) is 14.1. The van der Waals surface area contributed by atoms with E-state index in [9.17, 15) is 4.79 Å². The van der Waals surface area contributed by atoms with Crippen LogP contribution in [0.1, 0.15) is 31.2 Å². The van der Waals surface area contributed by atoms with E-state index in [2.05, 4.69) is 22.9 Å². The summed E-state index contributed by atoms with van der Waals surface area (Å²) >= 11 is 0. The van der Waals surface area contributed by atoms with Gasteiger partial charge in [0.05, 0.1) is 7.11 Å². The number of rotatable bonds is 10. The molecule has 7 heteroatoms. The van der Waals surface area contributed by atoms with E-state index in [-0.39, 0.29) is 18.3 Å². The van der Waals surface area contributed by atoms with Crippen molar-refractivity contribution in [1.82, 2.24) is 10.2 Å². The van der Waals surface area contributed by atoms with Crippen molar-refractivity contribution in [3.8, 4) is 11.5 Å². The summed E-state index contributed by atoms with van der Waals surface area (Å²) in [6, 6.07) is 6.39. The number of hydrogen-bond acceptors (Lipinski definition) is 5. The second-order valence-electron chi connectivity index (χ2n) is 6.55. The summed E-state index contributed by atoms with van der Waals surface area (Å²) in [6.07, 6.45) is 5.58. The average Bonchev–Trinajstić information content (AvgIpc) is 2.66. The zero-order valence-electron chi connectivity index (χ0n) is 16.1. The number of methoxy groups -OCH3 is 1. The predicted molar refractivity (Wildman–Crippen MR) is 111 cm³/mol. The van der Waals surface area contributed by atoms with Crippen molar-refractivity contribution >= 4 is 18.3 Å². The summed E-state index contributed by atoms with van der Waals surface area (Å²) in [6.45, 7) is 7.05. The van der Waals surface area contributed by atoms with Crippen LogP contribution in [-0.4, -0.2) is 50.2 Å². The van der Waals surface area contributed by atoms with Crippen LogP contribution in [0.2, 0.25) is 0 Å². The first-order chi connectivity index (χ1) is 12.7. The van der Waals surface area contributed by atoms with Gasteiger partial charge in [-0.1, -0.05) is 25.1 Å². The van der Waals surface area contributed by atoms with Gasteiger partial charge in [-0.25, -0.2) is 0 Å². The fourth-order valence-electron chi connectivity index (χ4n) is 3.26. The van der Waals surface area contributed by atoms with E-state index in [0.717, 1.165) is 31.0 Å². The molecule has 0 spiro atoms. The van der Waals surface area contributed by atoms with Gasteiger partial charge in [0.25, 0.3) is 0 Å². The van der Waals surface area contributed by atoms with E-state index >= 15 is 0 Å². The first-order valence-corrected chi connectivity index (χ1v) is 9.29. The standard InChI is InChI=1S/C20H31N3O3.ClH/c1-3-12-26-18-8-7-16(13-19(18)25-2)15-23-11-5-4-6-17(23)14-22-20(24)9-10-21;/h3,7-8,13,17H,1,4-6,9-12,14-15,21H2,2H3,(H,22,24);1H. The maximum Gasteiger partial charge on any atom is 0.221 e. The quantitative estimate of drug-likeness (QED) is 0.593. The monoisotopic (exact) mass is 397 g/mol. The van der Waals surface area contributed by atoms with Gasteiger partial charge in [-0.05, 0) is 37.1 Å². The molecule has 2 rings (SSSR count). The number of hydrogen-bond donors (Lipinski definition) is 2. The van der Waals surface area contributed by atoms with Crippen molar-refractivity contribution in [2.45, 2.75) is 38.3 Å². The molecule has 1 aliphatic rings. The first-order valence-electron chi connectivity index (χ1n) is 9.29. The number of benzene rings is 1. The first kappa shape index (κ1) is 23.3. The van der Waals surface area contributed by atoms with Crippen molar-refractivity contribution in [3.63, 3.8) is 0 Å². The average molecular weight is 398 g/mol. The Morgan fingerprint density at radius 3 is 2.93 bits per heavy atom. The van der Waals surface area contributed by atoms with Crippen LogP contribution in [0.3, 0.4) is 0 Å². The maximum atomic E-state index is 11.7. The fourth-order valence-corrected chi connectivity index (χ4v) is 3.26. The summed E-state index contributed by atoms with van der Waals surface area (Å²) in [5, 5.41) is 3.01. The normalized spacial score (nSPS) is 16.9. The van der Waals surface area contributed by atoms with Crippen LogP contribution in [0, 0.1) is 0 Å². The molecule has 1 saturated heterocycles. The SMILES string of the molecule is C=CCOc1ccc(CN2CCCCC2CNC(=O)CCN)cc1OC.Cl. The van der Waals surface area contributed by atoms with Gasteiger partial charge >= 0.3 is 0 Å². The van der Waals surface area contributed by atoms with Gasteiger partial charge in [0, 0.05) is 32.1 Å². The lowest BCUT2D eigenvalue weighted by Crippen LogP contribution is -2.46. The number of ether oxygens (including phenoxy) is 2. The molecule has 3 N–H and O–H groups in total. The van der Waals surface area contributed by atoms with Crippen LogP contribution < -0.4 is 20.5 Å². The highest BCUT2D eigenvalue weighted by atomic mass is 35.5.